The second-order valence-electron chi connectivity index (χ2n) is 16.0. The first-order valence-electron chi connectivity index (χ1n) is 21.0. The lowest BCUT2D eigenvalue weighted by molar-refractivity contribution is 0.667. The van der Waals surface area contributed by atoms with Gasteiger partial charge in [0.25, 0.3) is 0 Å². The number of hydrogen-bond acceptors (Lipinski definition) is 4. The molecule has 0 unspecified atom stereocenters. The van der Waals surface area contributed by atoms with E-state index in [0.29, 0.717) is 0 Å². The second-order valence-corrected chi connectivity index (χ2v) is 16.0. The van der Waals surface area contributed by atoms with Gasteiger partial charge in [-0.05, 0) is 81.7 Å². The molecular weight excluding hydrogens is 759 g/mol. The summed E-state index contributed by atoms with van der Waals surface area (Å²) >= 11 is 0. The Labute approximate surface area is 356 Å². The third kappa shape index (κ3) is 5.33. The van der Waals surface area contributed by atoms with Crippen LogP contribution >= 0.6 is 0 Å². The molecule has 0 amide bonds. The van der Waals surface area contributed by atoms with Gasteiger partial charge in [0.05, 0.1) is 11.4 Å². The molecule has 0 radical (unpaired) electrons. The average Bonchev–Trinajstić information content (AvgIpc) is 4.04. The van der Waals surface area contributed by atoms with Gasteiger partial charge in [0, 0.05) is 49.0 Å². The van der Waals surface area contributed by atoms with E-state index in [0.717, 1.165) is 121 Å². The molecule has 62 heavy (non-hydrogen) atoms. The summed E-state index contributed by atoms with van der Waals surface area (Å²) in [6.45, 7) is 0. The number of anilines is 3. The summed E-state index contributed by atoms with van der Waals surface area (Å²) in [5.74, 6) is 0. The number of para-hydroxylation sites is 4. The van der Waals surface area contributed by atoms with Crippen LogP contribution in [0.1, 0.15) is 0 Å². The molecule has 13 rings (SSSR count). The lowest BCUT2D eigenvalue weighted by Gasteiger charge is -2.26. The maximum Gasteiger partial charge on any atom is 0.159 e. The lowest BCUT2D eigenvalue weighted by Crippen LogP contribution is -2.11. The van der Waals surface area contributed by atoms with Crippen LogP contribution in [0, 0.1) is 0 Å². The van der Waals surface area contributed by atoms with Crippen LogP contribution in [0.25, 0.3) is 110 Å². The number of hydrogen-bond donors (Lipinski definition) is 0. The first-order valence-corrected chi connectivity index (χ1v) is 21.0. The fourth-order valence-corrected chi connectivity index (χ4v) is 9.49. The highest BCUT2D eigenvalue weighted by Crippen LogP contribution is 2.49. The van der Waals surface area contributed by atoms with Gasteiger partial charge in [0.1, 0.15) is 22.3 Å². The predicted octanol–water partition coefficient (Wildman–Crippen LogP) is 17.0. The fraction of sp³-hybridized carbons (Fsp3) is 0. The molecule has 0 saturated heterocycles. The Hall–Kier alpha value is -8.34. The van der Waals surface area contributed by atoms with Crippen molar-refractivity contribution < 1.29 is 13.3 Å². The van der Waals surface area contributed by atoms with Crippen LogP contribution < -0.4 is 4.90 Å². The summed E-state index contributed by atoms with van der Waals surface area (Å²) in [4.78, 5) is 2.31. The molecule has 4 heteroatoms. The van der Waals surface area contributed by atoms with Crippen LogP contribution in [0.5, 0.6) is 0 Å². The van der Waals surface area contributed by atoms with Crippen LogP contribution in [-0.4, -0.2) is 0 Å². The molecule has 0 aliphatic carbocycles. The predicted molar refractivity (Wildman–Crippen MR) is 257 cm³/mol. The van der Waals surface area contributed by atoms with Crippen LogP contribution in [0.3, 0.4) is 0 Å². The minimum Gasteiger partial charge on any atom is -0.455 e. The molecule has 3 aromatic heterocycles. The maximum absolute atomic E-state index is 7.14. The molecule has 4 nitrogen and oxygen atoms in total. The van der Waals surface area contributed by atoms with E-state index in [1.165, 1.54) is 5.56 Å². The van der Waals surface area contributed by atoms with Crippen molar-refractivity contribution >= 4 is 93.7 Å². The molecule has 0 N–H and O–H groups in total. The van der Waals surface area contributed by atoms with E-state index < -0.39 is 0 Å². The molecule has 13 aromatic rings. The minimum absolute atomic E-state index is 0.800. The smallest absolute Gasteiger partial charge is 0.159 e. The van der Waals surface area contributed by atoms with Crippen molar-refractivity contribution in [3.63, 3.8) is 0 Å². The zero-order valence-electron chi connectivity index (χ0n) is 33.4. The van der Waals surface area contributed by atoms with Crippen LogP contribution in [-0.2, 0) is 0 Å². The first-order chi connectivity index (χ1) is 30.7. The Morgan fingerprint density at radius 2 is 0.823 bits per heavy atom. The zero-order valence-corrected chi connectivity index (χ0v) is 33.4. The number of nitrogens with zero attached hydrogens (tertiary/aromatic N) is 1. The Morgan fingerprint density at radius 3 is 1.60 bits per heavy atom. The largest absolute Gasteiger partial charge is 0.455 e. The van der Waals surface area contributed by atoms with Crippen molar-refractivity contribution in [2.45, 2.75) is 0 Å². The summed E-state index contributed by atoms with van der Waals surface area (Å²) < 4.78 is 20.4. The van der Waals surface area contributed by atoms with Crippen LogP contribution in [0.2, 0.25) is 0 Å². The summed E-state index contributed by atoms with van der Waals surface area (Å²) in [6, 6.07) is 74.9. The maximum atomic E-state index is 7.14. The SMILES string of the molecule is c1ccc(-c2ccc(N(c3cccc4c3oc3ccccc34)c3cc(-c4ccc(-c5cccc6c5oc5ccccc56)cc4)cc4c3oc3c5ccccc5ccc43)cc2)cc1. The third-order valence-electron chi connectivity index (χ3n) is 12.5. The van der Waals surface area contributed by atoms with E-state index in [4.69, 9.17) is 13.3 Å². The van der Waals surface area contributed by atoms with Gasteiger partial charge in [-0.1, -0.05) is 164 Å². The molecule has 0 fully saturated rings. The monoisotopic (exact) mass is 793 g/mol. The second kappa shape index (κ2) is 13.6. The molecule has 0 aliphatic rings. The van der Waals surface area contributed by atoms with E-state index in [9.17, 15) is 0 Å². The van der Waals surface area contributed by atoms with Gasteiger partial charge in [-0.3, -0.25) is 0 Å². The number of furan rings is 3. The van der Waals surface area contributed by atoms with Crippen LogP contribution in [0.15, 0.2) is 226 Å². The highest BCUT2D eigenvalue weighted by Gasteiger charge is 2.25. The van der Waals surface area contributed by atoms with Gasteiger partial charge in [0.15, 0.2) is 11.2 Å². The van der Waals surface area contributed by atoms with Crippen molar-refractivity contribution in [3.8, 4) is 33.4 Å². The Morgan fingerprint density at radius 1 is 0.274 bits per heavy atom. The van der Waals surface area contributed by atoms with Crippen molar-refractivity contribution in [2.24, 2.45) is 0 Å². The van der Waals surface area contributed by atoms with E-state index >= 15 is 0 Å². The highest BCUT2D eigenvalue weighted by atomic mass is 16.3. The average molecular weight is 794 g/mol. The molecule has 0 aliphatic heterocycles. The van der Waals surface area contributed by atoms with Gasteiger partial charge < -0.3 is 18.2 Å². The molecule has 0 saturated carbocycles. The Bertz CT molecular complexity index is 3850. The molecule has 0 spiro atoms. The summed E-state index contributed by atoms with van der Waals surface area (Å²) in [5.41, 5.74) is 14.6. The summed E-state index contributed by atoms with van der Waals surface area (Å²) in [5, 5.41) is 8.70. The van der Waals surface area contributed by atoms with Crippen LogP contribution in [0.4, 0.5) is 17.1 Å². The molecule has 3 heterocycles. The number of benzene rings is 10. The topological polar surface area (TPSA) is 42.7 Å². The van der Waals surface area contributed by atoms with Gasteiger partial charge in [-0.2, -0.15) is 0 Å². The molecule has 0 atom stereocenters. The minimum atomic E-state index is 0.800. The fourth-order valence-electron chi connectivity index (χ4n) is 9.49. The van der Waals surface area contributed by atoms with Gasteiger partial charge in [0.2, 0.25) is 0 Å². The van der Waals surface area contributed by atoms with Crippen molar-refractivity contribution in [1.82, 2.24) is 0 Å². The number of fused-ring (bicyclic) bond motifs is 11. The van der Waals surface area contributed by atoms with Gasteiger partial charge >= 0.3 is 0 Å². The molecular formula is C58H35NO3. The zero-order chi connectivity index (χ0) is 40.7. The Balaban J connectivity index is 1.06. The normalized spacial score (nSPS) is 11.9. The molecule has 290 valence electrons. The molecule has 0 bridgehead atoms. The highest BCUT2D eigenvalue weighted by molar-refractivity contribution is 6.19. The summed E-state index contributed by atoms with van der Waals surface area (Å²) in [6.07, 6.45) is 0. The number of rotatable bonds is 6. The lowest BCUT2D eigenvalue weighted by atomic mass is 9.96. The molecule has 10 aromatic carbocycles. The van der Waals surface area contributed by atoms with Crippen molar-refractivity contribution in [2.75, 3.05) is 4.90 Å². The van der Waals surface area contributed by atoms with Crippen molar-refractivity contribution in [1.29, 1.82) is 0 Å². The standard InChI is InChI=1S/C58H35NO3/c1-2-12-36(13-3-1)37-28-31-42(32-29-37)59(51-21-11-20-48-46-17-7-9-23-54(46)61-57(48)51)52-35-41(34-50-49-33-30-39-14-4-5-15-43(39)56(49)62-58(50)52)38-24-26-40(27-25-38)44-18-10-19-47-45-16-6-8-22-53(45)60-55(44)47/h1-35H. The quantitative estimate of drug-likeness (QED) is 0.168. The third-order valence-corrected chi connectivity index (χ3v) is 12.5. The summed E-state index contributed by atoms with van der Waals surface area (Å²) in [7, 11) is 0. The van der Waals surface area contributed by atoms with E-state index in [1.54, 1.807) is 0 Å². The van der Waals surface area contributed by atoms with Crippen molar-refractivity contribution in [3.05, 3.63) is 212 Å². The van der Waals surface area contributed by atoms with Gasteiger partial charge in [-0.15, -0.1) is 0 Å². The Kier molecular flexibility index (Phi) is 7.57. The van der Waals surface area contributed by atoms with Gasteiger partial charge in [-0.25, -0.2) is 0 Å². The first kappa shape index (κ1) is 34.5. The van der Waals surface area contributed by atoms with E-state index in [1.807, 2.05) is 24.3 Å². The van der Waals surface area contributed by atoms with E-state index in [2.05, 4.69) is 193 Å². The van der Waals surface area contributed by atoms with E-state index in [-0.39, 0.29) is 0 Å².